The van der Waals surface area contributed by atoms with Gasteiger partial charge in [0.15, 0.2) is 11.5 Å². The van der Waals surface area contributed by atoms with Crippen LogP contribution < -0.4 is 9.47 Å². The van der Waals surface area contributed by atoms with Gasteiger partial charge in [-0.05, 0) is 25.5 Å². The molecule has 0 unspecified atom stereocenters. The molecule has 0 saturated heterocycles. The first-order chi connectivity index (χ1) is 8.04. The highest BCUT2D eigenvalue weighted by atomic mass is 16.6. The number of benzene rings is 1. The van der Waals surface area contributed by atoms with Crippen LogP contribution >= 0.6 is 0 Å². The molecule has 0 radical (unpaired) electrons. The van der Waals surface area contributed by atoms with Crippen molar-refractivity contribution < 1.29 is 14.4 Å². The fourth-order valence-corrected chi connectivity index (χ4v) is 1.49. The second kappa shape index (κ2) is 5.34. The van der Waals surface area contributed by atoms with Gasteiger partial charge in [0, 0.05) is 0 Å². The second-order valence-corrected chi connectivity index (χ2v) is 3.45. The zero-order valence-electron chi connectivity index (χ0n) is 10.3. The van der Waals surface area contributed by atoms with Crippen LogP contribution in [-0.2, 0) is 0 Å². The Labute approximate surface area is 99.8 Å². The van der Waals surface area contributed by atoms with E-state index in [1.165, 1.54) is 20.3 Å². The van der Waals surface area contributed by atoms with Crippen molar-refractivity contribution in [2.75, 3.05) is 14.2 Å². The van der Waals surface area contributed by atoms with E-state index in [-0.39, 0.29) is 5.69 Å². The molecule has 5 nitrogen and oxygen atoms in total. The molecule has 0 aromatic heterocycles. The van der Waals surface area contributed by atoms with E-state index >= 15 is 0 Å². The van der Waals surface area contributed by atoms with Crippen LogP contribution in [0.5, 0.6) is 11.5 Å². The Bertz CT molecular complexity index is 466. The van der Waals surface area contributed by atoms with Crippen LogP contribution in [0.25, 0.3) is 5.57 Å². The van der Waals surface area contributed by atoms with Crippen molar-refractivity contribution in [2.24, 2.45) is 0 Å². The summed E-state index contributed by atoms with van der Waals surface area (Å²) in [7, 11) is 2.95. The third kappa shape index (κ3) is 2.55. The minimum Gasteiger partial charge on any atom is -0.493 e. The van der Waals surface area contributed by atoms with E-state index in [1.54, 1.807) is 6.07 Å². The number of allylic oxidation sites excluding steroid dienone is 2. The maximum Gasteiger partial charge on any atom is 0.280 e. The van der Waals surface area contributed by atoms with Crippen LogP contribution in [-0.4, -0.2) is 19.1 Å². The molecule has 0 fully saturated rings. The lowest BCUT2D eigenvalue weighted by Gasteiger charge is -2.10. The van der Waals surface area contributed by atoms with Gasteiger partial charge in [0.25, 0.3) is 5.69 Å². The summed E-state index contributed by atoms with van der Waals surface area (Å²) in [5.74, 6) is 0.834. The largest absolute Gasteiger partial charge is 0.493 e. The van der Waals surface area contributed by atoms with E-state index in [2.05, 4.69) is 0 Å². The second-order valence-electron chi connectivity index (χ2n) is 3.45. The fraction of sp³-hybridized carbons (Fsp3) is 0.333. The molecule has 0 atom stereocenters. The highest BCUT2D eigenvalue weighted by Crippen LogP contribution is 2.37. The number of rotatable bonds is 4. The number of ether oxygens (including phenoxy) is 2. The Balaban J connectivity index is 3.51. The van der Waals surface area contributed by atoms with Crippen molar-refractivity contribution in [1.82, 2.24) is 0 Å². The highest BCUT2D eigenvalue weighted by Gasteiger charge is 2.19. The number of hydrogen-bond acceptors (Lipinski definition) is 4. The van der Waals surface area contributed by atoms with Gasteiger partial charge in [-0.25, -0.2) is 0 Å². The minimum atomic E-state index is -0.426. The molecule has 1 aromatic rings. The summed E-state index contributed by atoms with van der Waals surface area (Å²) in [6, 6.07) is 2.99. The average molecular weight is 237 g/mol. The maximum absolute atomic E-state index is 11.0. The van der Waals surface area contributed by atoms with E-state index in [0.29, 0.717) is 17.1 Å². The number of hydrogen-bond donors (Lipinski definition) is 0. The molecule has 0 spiro atoms. The maximum atomic E-state index is 11.0. The Morgan fingerprint density at radius 2 is 1.82 bits per heavy atom. The SMILES string of the molecule is C/C=C(/C)c1cc(OC)c(OC)cc1[N+](=O)[O-]. The first kappa shape index (κ1) is 13.0. The quantitative estimate of drug-likeness (QED) is 0.596. The fourth-order valence-electron chi connectivity index (χ4n) is 1.49. The molecule has 0 N–H and O–H groups in total. The number of nitro groups is 1. The van der Waals surface area contributed by atoms with E-state index in [4.69, 9.17) is 9.47 Å². The summed E-state index contributed by atoms with van der Waals surface area (Å²) in [5, 5.41) is 11.0. The lowest BCUT2D eigenvalue weighted by molar-refractivity contribution is -0.385. The monoisotopic (exact) mass is 237 g/mol. The van der Waals surface area contributed by atoms with Crippen LogP contribution in [0.4, 0.5) is 5.69 Å². The van der Waals surface area contributed by atoms with Gasteiger partial charge < -0.3 is 9.47 Å². The van der Waals surface area contributed by atoms with Crippen molar-refractivity contribution in [3.05, 3.63) is 33.9 Å². The predicted molar refractivity (Wildman–Crippen MR) is 65.5 cm³/mol. The Morgan fingerprint density at radius 1 is 1.29 bits per heavy atom. The summed E-state index contributed by atoms with van der Waals surface area (Å²) in [5.41, 5.74) is 1.37. The Kier molecular flexibility index (Phi) is 4.09. The standard InChI is InChI=1S/C12H15NO4/c1-5-8(2)9-6-11(16-3)12(17-4)7-10(9)13(14)15/h5-7H,1-4H3/b8-5-. The van der Waals surface area contributed by atoms with Crippen LogP contribution in [0.15, 0.2) is 18.2 Å². The number of nitro benzene ring substituents is 1. The molecule has 1 aromatic carbocycles. The molecular weight excluding hydrogens is 222 g/mol. The molecule has 0 aliphatic carbocycles. The molecule has 92 valence electrons. The zero-order chi connectivity index (χ0) is 13.0. The first-order valence-corrected chi connectivity index (χ1v) is 5.08. The molecular formula is C12H15NO4. The lowest BCUT2D eigenvalue weighted by Crippen LogP contribution is -1.98. The average Bonchev–Trinajstić information content (AvgIpc) is 2.35. The highest BCUT2D eigenvalue weighted by molar-refractivity contribution is 5.74. The molecule has 0 heterocycles. The smallest absolute Gasteiger partial charge is 0.280 e. The van der Waals surface area contributed by atoms with E-state index < -0.39 is 4.92 Å². The predicted octanol–water partition coefficient (Wildman–Crippen LogP) is 3.04. The Morgan fingerprint density at radius 3 is 2.24 bits per heavy atom. The molecule has 0 saturated carbocycles. The van der Waals surface area contributed by atoms with Crippen molar-refractivity contribution in [3.63, 3.8) is 0 Å². The molecule has 17 heavy (non-hydrogen) atoms. The van der Waals surface area contributed by atoms with Crippen molar-refractivity contribution in [3.8, 4) is 11.5 Å². The molecule has 0 bridgehead atoms. The summed E-state index contributed by atoms with van der Waals surface area (Å²) in [4.78, 5) is 10.6. The van der Waals surface area contributed by atoms with Gasteiger partial charge in [-0.3, -0.25) is 10.1 Å². The van der Waals surface area contributed by atoms with Crippen molar-refractivity contribution in [2.45, 2.75) is 13.8 Å². The van der Waals surface area contributed by atoms with Crippen LogP contribution in [0, 0.1) is 10.1 Å². The van der Waals surface area contributed by atoms with Crippen LogP contribution in [0.3, 0.4) is 0 Å². The number of nitrogens with zero attached hydrogens (tertiary/aromatic N) is 1. The van der Waals surface area contributed by atoms with Gasteiger partial charge in [0.05, 0.1) is 30.8 Å². The van der Waals surface area contributed by atoms with E-state index in [0.717, 1.165) is 5.57 Å². The molecule has 1 rings (SSSR count). The summed E-state index contributed by atoms with van der Waals surface area (Å²) < 4.78 is 10.2. The van der Waals surface area contributed by atoms with E-state index in [1.807, 2.05) is 19.9 Å². The van der Waals surface area contributed by atoms with Crippen LogP contribution in [0.1, 0.15) is 19.4 Å². The Hall–Kier alpha value is -2.04. The molecule has 5 heteroatoms. The third-order valence-corrected chi connectivity index (χ3v) is 2.56. The topological polar surface area (TPSA) is 61.6 Å². The lowest BCUT2D eigenvalue weighted by atomic mass is 10.0. The van der Waals surface area contributed by atoms with Gasteiger partial charge >= 0.3 is 0 Å². The number of methoxy groups -OCH3 is 2. The van der Waals surface area contributed by atoms with Gasteiger partial charge in [0.1, 0.15) is 0 Å². The van der Waals surface area contributed by atoms with Crippen LogP contribution in [0.2, 0.25) is 0 Å². The summed E-state index contributed by atoms with van der Waals surface area (Å²) in [6.45, 7) is 3.64. The minimum absolute atomic E-state index is 0.0123. The first-order valence-electron chi connectivity index (χ1n) is 5.08. The van der Waals surface area contributed by atoms with Gasteiger partial charge in [0.2, 0.25) is 0 Å². The van der Waals surface area contributed by atoms with Gasteiger partial charge in [-0.2, -0.15) is 0 Å². The normalized spacial score (nSPS) is 11.2. The van der Waals surface area contributed by atoms with Crippen molar-refractivity contribution >= 4 is 11.3 Å². The van der Waals surface area contributed by atoms with E-state index in [9.17, 15) is 10.1 Å². The molecule has 0 aliphatic rings. The van der Waals surface area contributed by atoms with Gasteiger partial charge in [-0.15, -0.1) is 0 Å². The third-order valence-electron chi connectivity index (χ3n) is 2.56. The van der Waals surface area contributed by atoms with Gasteiger partial charge in [-0.1, -0.05) is 6.08 Å². The zero-order valence-corrected chi connectivity index (χ0v) is 10.3. The summed E-state index contributed by atoms with van der Waals surface area (Å²) >= 11 is 0. The molecule has 0 aliphatic heterocycles. The summed E-state index contributed by atoms with van der Waals surface area (Å²) in [6.07, 6.45) is 1.81. The molecule has 0 amide bonds. The van der Waals surface area contributed by atoms with Crippen molar-refractivity contribution in [1.29, 1.82) is 0 Å².